The van der Waals surface area contributed by atoms with Gasteiger partial charge < -0.3 is 20.4 Å². The van der Waals surface area contributed by atoms with E-state index in [-0.39, 0.29) is 13.2 Å². The van der Waals surface area contributed by atoms with Crippen molar-refractivity contribution >= 4 is 0 Å². The number of rotatable bonds is 1. The SMILES string of the molecule is OC[C@@H]1[C@@H](O)[C@H](O)[C@H]2[C@H](F)[C@@H](O)CN21. The Morgan fingerprint density at radius 2 is 1.86 bits per heavy atom. The Hall–Kier alpha value is -0.270. The molecule has 2 heterocycles. The van der Waals surface area contributed by atoms with Crippen molar-refractivity contribution in [3.8, 4) is 0 Å². The molecule has 0 unspecified atom stereocenters. The lowest BCUT2D eigenvalue weighted by Crippen LogP contribution is -2.40. The second kappa shape index (κ2) is 3.39. The van der Waals surface area contributed by atoms with E-state index in [1.807, 2.05) is 0 Å². The molecule has 0 aliphatic carbocycles. The van der Waals surface area contributed by atoms with Crippen LogP contribution < -0.4 is 0 Å². The average Bonchev–Trinajstić information content (AvgIpc) is 2.54. The highest BCUT2D eigenvalue weighted by atomic mass is 19.1. The summed E-state index contributed by atoms with van der Waals surface area (Å²) in [5.41, 5.74) is 0. The van der Waals surface area contributed by atoms with Crippen LogP contribution in [0.4, 0.5) is 4.39 Å². The fraction of sp³-hybridized carbons (Fsp3) is 1.00. The maximum absolute atomic E-state index is 13.4. The molecule has 0 bridgehead atoms. The highest BCUT2D eigenvalue weighted by Gasteiger charge is 2.56. The lowest BCUT2D eigenvalue weighted by molar-refractivity contribution is -0.00627. The summed E-state index contributed by atoms with van der Waals surface area (Å²) in [7, 11) is 0. The van der Waals surface area contributed by atoms with E-state index in [0.717, 1.165) is 0 Å². The number of aliphatic hydroxyl groups excluding tert-OH is 4. The van der Waals surface area contributed by atoms with E-state index in [1.165, 1.54) is 4.90 Å². The van der Waals surface area contributed by atoms with Crippen molar-refractivity contribution in [2.75, 3.05) is 13.2 Å². The lowest BCUT2D eigenvalue weighted by atomic mass is 10.0. The zero-order valence-electron chi connectivity index (χ0n) is 7.49. The first kappa shape index (κ1) is 10.3. The number of alkyl halides is 1. The summed E-state index contributed by atoms with van der Waals surface area (Å²) in [6.07, 6.45) is -5.08. The van der Waals surface area contributed by atoms with Crippen molar-refractivity contribution in [1.29, 1.82) is 0 Å². The molecular weight excluding hydrogens is 193 g/mol. The Kier molecular flexibility index (Phi) is 2.48. The van der Waals surface area contributed by atoms with Crippen LogP contribution in [0.15, 0.2) is 0 Å². The van der Waals surface area contributed by atoms with Crippen molar-refractivity contribution in [3.05, 3.63) is 0 Å². The van der Waals surface area contributed by atoms with E-state index < -0.39 is 36.6 Å². The van der Waals surface area contributed by atoms with E-state index in [0.29, 0.717) is 0 Å². The molecule has 5 nitrogen and oxygen atoms in total. The van der Waals surface area contributed by atoms with Crippen LogP contribution in [-0.2, 0) is 0 Å². The molecule has 0 spiro atoms. The summed E-state index contributed by atoms with van der Waals surface area (Å²) in [4.78, 5) is 1.44. The quantitative estimate of drug-likeness (QED) is 0.381. The zero-order chi connectivity index (χ0) is 10.5. The molecule has 2 aliphatic heterocycles. The third-order valence-corrected chi connectivity index (χ3v) is 3.18. The van der Waals surface area contributed by atoms with Gasteiger partial charge in [0.05, 0.1) is 37.0 Å². The molecule has 14 heavy (non-hydrogen) atoms. The number of aliphatic hydroxyl groups is 4. The van der Waals surface area contributed by atoms with Gasteiger partial charge in [0.15, 0.2) is 0 Å². The summed E-state index contributed by atoms with van der Waals surface area (Å²) < 4.78 is 13.4. The number of halogens is 1. The third-order valence-electron chi connectivity index (χ3n) is 3.18. The molecular formula is C8H14FNO4. The number of fused-ring (bicyclic) bond motifs is 1. The molecule has 2 rings (SSSR count). The minimum Gasteiger partial charge on any atom is -0.395 e. The van der Waals surface area contributed by atoms with Crippen LogP contribution in [0.5, 0.6) is 0 Å². The first-order valence-corrected chi connectivity index (χ1v) is 4.62. The first-order valence-electron chi connectivity index (χ1n) is 4.62. The summed E-state index contributed by atoms with van der Waals surface area (Å²) in [6.45, 7) is -0.306. The van der Waals surface area contributed by atoms with Crippen LogP contribution >= 0.6 is 0 Å². The molecule has 2 fully saturated rings. The van der Waals surface area contributed by atoms with Crippen LogP contribution in [-0.4, -0.2) is 75.0 Å². The third kappa shape index (κ3) is 1.19. The normalized spacial score (nSPS) is 53.8. The Bertz CT molecular complexity index is 229. The Balaban J connectivity index is 2.21. The monoisotopic (exact) mass is 207 g/mol. The molecule has 6 heteroatoms. The molecule has 6 atom stereocenters. The molecule has 0 saturated carbocycles. The van der Waals surface area contributed by atoms with E-state index >= 15 is 0 Å². The van der Waals surface area contributed by atoms with Gasteiger partial charge in [0.25, 0.3) is 0 Å². The van der Waals surface area contributed by atoms with Gasteiger partial charge in [0.2, 0.25) is 0 Å². The topological polar surface area (TPSA) is 84.2 Å². The molecule has 0 aromatic carbocycles. The van der Waals surface area contributed by atoms with Gasteiger partial charge in [-0.25, -0.2) is 4.39 Å². The largest absolute Gasteiger partial charge is 0.395 e. The van der Waals surface area contributed by atoms with Gasteiger partial charge in [-0.1, -0.05) is 0 Å². The molecule has 0 aromatic heterocycles. The Labute approximate surface area is 80.4 Å². The minimum atomic E-state index is -1.56. The van der Waals surface area contributed by atoms with Crippen molar-refractivity contribution in [2.45, 2.75) is 36.6 Å². The van der Waals surface area contributed by atoms with Crippen LogP contribution in [0, 0.1) is 0 Å². The number of hydrogen-bond donors (Lipinski definition) is 4. The van der Waals surface area contributed by atoms with Gasteiger partial charge >= 0.3 is 0 Å². The van der Waals surface area contributed by atoms with E-state index in [1.54, 1.807) is 0 Å². The van der Waals surface area contributed by atoms with Crippen molar-refractivity contribution in [3.63, 3.8) is 0 Å². The van der Waals surface area contributed by atoms with Crippen molar-refractivity contribution in [1.82, 2.24) is 4.90 Å². The number of hydrogen-bond acceptors (Lipinski definition) is 5. The van der Waals surface area contributed by atoms with E-state index in [4.69, 9.17) is 5.11 Å². The molecule has 2 saturated heterocycles. The fourth-order valence-corrected chi connectivity index (χ4v) is 2.43. The zero-order valence-corrected chi connectivity index (χ0v) is 7.49. The predicted molar refractivity (Wildman–Crippen MR) is 44.3 cm³/mol. The van der Waals surface area contributed by atoms with Crippen LogP contribution in [0.2, 0.25) is 0 Å². The Morgan fingerprint density at radius 1 is 1.21 bits per heavy atom. The van der Waals surface area contributed by atoms with Gasteiger partial charge in [-0.3, -0.25) is 4.90 Å². The van der Waals surface area contributed by atoms with Crippen LogP contribution in [0.25, 0.3) is 0 Å². The fourth-order valence-electron chi connectivity index (χ4n) is 2.43. The smallest absolute Gasteiger partial charge is 0.145 e. The van der Waals surface area contributed by atoms with Gasteiger partial charge in [-0.05, 0) is 0 Å². The average molecular weight is 207 g/mol. The lowest BCUT2D eigenvalue weighted by Gasteiger charge is -2.21. The molecule has 4 N–H and O–H groups in total. The second-order valence-corrected chi connectivity index (χ2v) is 3.93. The molecule has 0 radical (unpaired) electrons. The number of nitrogens with zero attached hydrogens (tertiary/aromatic N) is 1. The van der Waals surface area contributed by atoms with Crippen molar-refractivity contribution < 1.29 is 24.8 Å². The summed E-state index contributed by atoms with van der Waals surface area (Å²) in [5.74, 6) is 0. The highest BCUT2D eigenvalue weighted by molar-refractivity contribution is 5.09. The molecule has 0 aromatic rings. The maximum Gasteiger partial charge on any atom is 0.145 e. The predicted octanol–water partition coefficient (Wildman–Crippen LogP) is -2.53. The van der Waals surface area contributed by atoms with E-state index in [2.05, 4.69) is 0 Å². The van der Waals surface area contributed by atoms with Crippen LogP contribution in [0.3, 0.4) is 0 Å². The van der Waals surface area contributed by atoms with E-state index in [9.17, 15) is 19.7 Å². The first-order chi connectivity index (χ1) is 6.57. The summed E-state index contributed by atoms with van der Waals surface area (Å²) in [6, 6.07) is -1.57. The maximum atomic E-state index is 13.4. The van der Waals surface area contributed by atoms with Gasteiger partial charge in [0, 0.05) is 6.54 Å². The second-order valence-electron chi connectivity index (χ2n) is 3.93. The highest BCUT2D eigenvalue weighted by Crippen LogP contribution is 2.34. The van der Waals surface area contributed by atoms with Crippen molar-refractivity contribution in [2.24, 2.45) is 0 Å². The van der Waals surface area contributed by atoms with Gasteiger partial charge in [0.1, 0.15) is 6.17 Å². The molecule has 0 amide bonds. The molecule has 82 valence electrons. The van der Waals surface area contributed by atoms with Gasteiger partial charge in [-0.15, -0.1) is 0 Å². The van der Waals surface area contributed by atoms with Crippen LogP contribution in [0.1, 0.15) is 0 Å². The summed E-state index contributed by atoms with van der Waals surface area (Å²) in [5, 5.41) is 37.2. The minimum absolute atomic E-state index is 0.0468. The Morgan fingerprint density at radius 3 is 2.43 bits per heavy atom. The summed E-state index contributed by atoms with van der Waals surface area (Å²) >= 11 is 0. The van der Waals surface area contributed by atoms with Gasteiger partial charge in [-0.2, -0.15) is 0 Å². The standard InChI is InChI=1S/C8H14FNO4/c9-5-4(12)1-10-3(2-11)7(13)8(14)6(5)10/h3-8,11-14H,1-2H2/t3-,4+,5-,6-,7-,8-/m1/s1. The molecule has 2 aliphatic rings.